The molecule has 2 aliphatic rings. The molecule has 74 valence electrons. The van der Waals surface area contributed by atoms with Gasteiger partial charge in [0.05, 0.1) is 17.9 Å². The van der Waals surface area contributed by atoms with E-state index in [1.807, 2.05) is 6.07 Å². The molecule has 2 bridgehead atoms. The largest absolute Gasteiger partial charge is 0.374 e. The van der Waals surface area contributed by atoms with Crippen LogP contribution >= 0.6 is 0 Å². The van der Waals surface area contributed by atoms with E-state index in [1.165, 1.54) is 12.5 Å². The summed E-state index contributed by atoms with van der Waals surface area (Å²) >= 11 is 0. The van der Waals surface area contributed by atoms with Crippen LogP contribution in [0.25, 0.3) is 0 Å². The van der Waals surface area contributed by atoms with Crippen molar-refractivity contribution in [3.05, 3.63) is 28.2 Å². The topological polar surface area (TPSA) is 55.0 Å². The van der Waals surface area contributed by atoms with Crippen molar-refractivity contribution in [2.45, 2.75) is 37.4 Å². The summed E-state index contributed by atoms with van der Waals surface area (Å²) in [7, 11) is 0. The van der Waals surface area contributed by atoms with Gasteiger partial charge in [0, 0.05) is 12.0 Å². The summed E-state index contributed by atoms with van der Waals surface area (Å²) < 4.78 is 5.74. The average molecular weight is 192 g/mol. The molecule has 3 rings (SSSR count). The molecule has 0 aromatic carbocycles. The fraction of sp³-hybridized carbons (Fsp3) is 0.600. The van der Waals surface area contributed by atoms with Gasteiger partial charge in [0.15, 0.2) is 0 Å². The molecule has 0 amide bonds. The van der Waals surface area contributed by atoms with E-state index in [0.29, 0.717) is 18.1 Å². The van der Waals surface area contributed by atoms with Crippen molar-refractivity contribution < 1.29 is 4.74 Å². The molecular weight excluding hydrogens is 180 g/mol. The van der Waals surface area contributed by atoms with Crippen molar-refractivity contribution in [2.75, 3.05) is 0 Å². The zero-order valence-electron chi connectivity index (χ0n) is 7.77. The van der Waals surface area contributed by atoms with Crippen molar-refractivity contribution in [1.82, 2.24) is 10.2 Å². The van der Waals surface area contributed by atoms with E-state index in [0.717, 1.165) is 18.5 Å². The first-order chi connectivity index (χ1) is 6.83. The minimum Gasteiger partial charge on any atom is -0.374 e. The Morgan fingerprint density at radius 2 is 2.36 bits per heavy atom. The van der Waals surface area contributed by atoms with Gasteiger partial charge in [0.2, 0.25) is 0 Å². The Hall–Kier alpha value is -1.16. The number of rotatable bonds is 1. The van der Waals surface area contributed by atoms with Crippen LogP contribution in [0, 0.1) is 0 Å². The van der Waals surface area contributed by atoms with Crippen LogP contribution in [0.2, 0.25) is 0 Å². The normalized spacial score (nSPS) is 35.0. The van der Waals surface area contributed by atoms with E-state index in [9.17, 15) is 4.79 Å². The lowest BCUT2D eigenvalue weighted by Crippen LogP contribution is -2.18. The minimum absolute atomic E-state index is 0.141. The molecule has 0 saturated carbocycles. The maximum atomic E-state index is 10.8. The zero-order chi connectivity index (χ0) is 9.54. The molecule has 0 aliphatic carbocycles. The molecular formula is C10H12N2O2. The quantitative estimate of drug-likeness (QED) is 0.716. The summed E-state index contributed by atoms with van der Waals surface area (Å²) in [6.07, 6.45) is 4.14. The molecule has 0 radical (unpaired) electrons. The molecule has 2 saturated heterocycles. The maximum absolute atomic E-state index is 10.8. The van der Waals surface area contributed by atoms with E-state index in [2.05, 4.69) is 10.2 Å². The van der Waals surface area contributed by atoms with Crippen molar-refractivity contribution >= 4 is 0 Å². The highest BCUT2D eigenvalue weighted by Crippen LogP contribution is 2.43. The summed E-state index contributed by atoms with van der Waals surface area (Å²) in [5.74, 6) is 0.394. The molecule has 0 spiro atoms. The molecule has 1 N–H and O–H groups in total. The highest BCUT2D eigenvalue weighted by molar-refractivity contribution is 5.13. The van der Waals surface area contributed by atoms with Crippen LogP contribution in [0.1, 0.15) is 30.9 Å². The molecule has 4 heteroatoms. The van der Waals surface area contributed by atoms with Crippen LogP contribution in [0.15, 0.2) is 16.9 Å². The lowest BCUT2D eigenvalue weighted by Gasteiger charge is -2.16. The number of nitrogens with one attached hydrogen (secondary N) is 1. The number of aromatic nitrogens is 2. The standard InChI is InChI=1S/C10H12N2O2/c13-10-4-2-8(11-12-10)7-5-6-1-3-9(7)14-6/h2,4,6-7,9H,1,3,5H2,(H,12,13). The minimum atomic E-state index is -0.141. The number of nitrogens with zero attached hydrogens (tertiary/aromatic N) is 1. The van der Waals surface area contributed by atoms with Gasteiger partial charge in [-0.2, -0.15) is 5.10 Å². The molecule has 3 atom stereocenters. The number of fused-ring (bicyclic) bond motifs is 2. The van der Waals surface area contributed by atoms with Gasteiger partial charge in [-0.15, -0.1) is 0 Å². The Labute approximate surface area is 81.3 Å². The molecule has 2 aliphatic heterocycles. The van der Waals surface area contributed by atoms with Crippen molar-refractivity contribution in [3.63, 3.8) is 0 Å². The van der Waals surface area contributed by atoms with Crippen LogP contribution in [0.3, 0.4) is 0 Å². The molecule has 14 heavy (non-hydrogen) atoms. The maximum Gasteiger partial charge on any atom is 0.264 e. The smallest absolute Gasteiger partial charge is 0.264 e. The molecule has 3 heterocycles. The van der Waals surface area contributed by atoms with E-state index < -0.39 is 0 Å². The van der Waals surface area contributed by atoms with Crippen molar-refractivity contribution in [1.29, 1.82) is 0 Å². The summed E-state index contributed by atoms with van der Waals surface area (Å²) in [5.41, 5.74) is 0.828. The SMILES string of the molecule is O=c1ccc(C2CC3CCC2O3)n[nH]1. The number of ether oxygens (including phenoxy) is 1. The summed E-state index contributed by atoms with van der Waals surface area (Å²) in [6, 6.07) is 3.35. The summed E-state index contributed by atoms with van der Waals surface area (Å²) in [6.45, 7) is 0. The van der Waals surface area contributed by atoms with Gasteiger partial charge in [-0.25, -0.2) is 5.10 Å². The number of hydrogen-bond donors (Lipinski definition) is 1. The van der Waals surface area contributed by atoms with Gasteiger partial charge in [0.25, 0.3) is 5.56 Å². The summed E-state index contributed by atoms with van der Waals surface area (Å²) in [4.78, 5) is 10.8. The lowest BCUT2D eigenvalue weighted by molar-refractivity contribution is 0.100. The molecule has 2 fully saturated rings. The summed E-state index contributed by atoms with van der Waals surface area (Å²) in [5, 5.41) is 6.54. The van der Waals surface area contributed by atoms with Crippen LogP contribution in [-0.4, -0.2) is 22.4 Å². The fourth-order valence-electron chi connectivity index (χ4n) is 2.51. The van der Waals surface area contributed by atoms with Crippen LogP contribution in [0.5, 0.6) is 0 Å². The Balaban J connectivity index is 1.89. The highest BCUT2D eigenvalue weighted by Gasteiger charge is 2.42. The van der Waals surface area contributed by atoms with Gasteiger partial charge < -0.3 is 4.74 Å². The van der Waals surface area contributed by atoms with Crippen LogP contribution in [-0.2, 0) is 4.74 Å². The van der Waals surface area contributed by atoms with Gasteiger partial charge in [-0.05, 0) is 25.3 Å². The van der Waals surface area contributed by atoms with Gasteiger partial charge in [-0.3, -0.25) is 4.79 Å². The third-order valence-electron chi connectivity index (χ3n) is 3.19. The second kappa shape index (κ2) is 2.92. The second-order valence-electron chi connectivity index (χ2n) is 4.06. The van der Waals surface area contributed by atoms with Crippen LogP contribution < -0.4 is 5.56 Å². The third-order valence-corrected chi connectivity index (χ3v) is 3.19. The average Bonchev–Trinajstić information content (AvgIpc) is 2.80. The van der Waals surface area contributed by atoms with E-state index >= 15 is 0 Å². The molecule has 4 nitrogen and oxygen atoms in total. The second-order valence-corrected chi connectivity index (χ2v) is 4.06. The van der Waals surface area contributed by atoms with Crippen molar-refractivity contribution in [2.24, 2.45) is 0 Å². The van der Waals surface area contributed by atoms with Crippen LogP contribution in [0.4, 0.5) is 0 Å². The molecule has 1 aromatic heterocycles. The Morgan fingerprint density at radius 1 is 1.43 bits per heavy atom. The number of H-pyrrole nitrogens is 1. The first kappa shape index (κ1) is 8.17. The highest BCUT2D eigenvalue weighted by atomic mass is 16.5. The Morgan fingerprint density at radius 3 is 2.93 bits per heavy atom. The Bertz CT molecular complexity index is 381. The third kappa shape index (κ3) is 1.18. The van der Waals surface area contributed by atoms with Gasteiger partial charge in [0.1, 0.15) is 0 Å². The van der Waals surface area contributed by atoms with E-state index in [4.69, 9.17) is 4.74 Å². The first-order valence-corrected chi connectivity index (χ1v) is 5.04. The lowest BCUT2D eigenvalue weighted by atomic mass is 9.87. The molecule has 3 unspecified atom stereocenters. The predicted octanol–water partition coefficient (Wildman–Crippen LogP) is 0.805. The molecule has 1 aromatic rings. The number of hydrogen-bond acceptors (Lipinski definition) is 3. The monoisotopic (exact) mass is 192 g/mol. The predicted molar refractivity (Wildman–Crippen MR) is 50.1 cm³/mol. The zero-order valence-corrected chi connectivity index (χ0v) is 7.77. The number of aromatic amines is 1. The van der Waals surface area contributed by atoms with Gasteiger partial charge >= 0.3 is 0 Å². The Kier molecular flexibility index (Phi) is 1.70. The van der Waals surface area contributed by atoms with E-state index in [-0.39, 0.29) is 5.56 Å². The van der Waals surface area contributed by atoms with Gasteiger partial charge in [-0.1, -0.05) is 0 Å². The van der Waals surface area contributed by atoms with Crippen molar-refractivity contribution in [3.8, 4) is 0 Å². The van der Waals surface area contributed by atoms with E-state index in [1.54, 1.807) is 0 Å². The fourth-order valence-corrected chi connectivity index (χ4v) is 2.51. The first-order valence-electron chi connectivity index (χ1n) is 5.04.